The Labute approximate surface area is 497 Å². The third kappa shape index (κ3) is 15.1. The number of nitro groups is 2. The Bertz CT molecular complexity index is 3740. The summed E-state index contributed by atoms with van der Waals surface area (Å²) in [5, 5.41) is 79.8. The standard InChI is InChI=1S/C18H21N3O6.C17H19N3O7.C11H16N2O4.C10H14N2O5/c1-3-15-14(22)8-16(27-15)19-9-11(2)17(23)20(18(19)24)10-12-6-4-5-7-13(12)21(25)26;1-10-7-18(15-6-13(22)14(9-21)27-15)17(24)19(16(10)23)8-11-4-2-3-5-12(11)20(25)26;1-3-8-7(14)4-9(17-8)13-5-6(2)10(15)12-11(13)16;1-5-3-12(10(16)11-9(5)15)8-2-6(14)7(4-13)17-8/h4-7,9,14-16,22H,3,8,10H2,1-2H3;2-5,7,13-15,21-22H,6,8-9H2,1H3;5,7-9,14H,3-4H2,1-2H3,(H,12,15,16);3,6-8,13-14H,2,4H2,1H3,(H,11,15,16)/t14?,15-,16-;13?,14-,15-;7?,8-,9-;6?,7-,8-/m1111/s1. The van der Waals surface area contributed by atoms with Gasteiger partial charge in [0.15, 0.2) is 0 Å². The van der Waals surface area contributed by atoms with Gasteiger partial charge in [-0.05, 0) is 40.5 Å². The first-order valence-electron chi connectivity index (χ1n) is 28.0. The van der Waals surface area contributed by atoms with Crippen LogP contribution in [-0.4, -0.2) is 140 Å². The maximum Gasteiger partial charge on any atom is 0.333 e. The summed E-state index contributed by atoms with van der Waals surface area (Å²) in [4.78, 5) is 122. The Balaban J connectivity index is 0.000000171. The van der Waals surface area contributed by atoms with Crippen molar-refractivity contribution in [3.63, 3.8) is 0 Å². The first kappa shape index (κ1) is 67.1. The zero-order valence-electron chi connectivity index (χ0n) is 48.7. The molecule has 0 radical (unpaired) electrons. The van der Waals surface area contributed by atoms with Crippen molar-refractivity contribution in [2.24, 2.45) is 0 Å². The topological polar surface area (TPSA) is 442 Å². The van der Waals surface area contributed by atoms with E-state index in [1.807, 2.05) is 13.8 Å². The summed E-state index contributed by atoms with van der Waals surface area (Å²) in [5.74, 6) is 0. The van der Waals surface area contributed by atoms with Gasteiger partial charge in [0.05, 0.1) is 72.8 Å². The molecule has 88 heavy (non-hydrogen) atoms. The molecule has 8 N–H and O–H groups in total. The van der Waals surface area contributed by atoms with E-state index in [1.54, 1.807) is 32.9 Å². The molecule has 2 aromatic carbocycles. The molecule has 12 atom stereocenters. The van der Waals surface area contributed by atoms with E-state index in [0.717, 1.165) is 9.13 Å². The van der Waals surface area contributed by atoms with Crippen molar-refractivity contribution in [3.05, 3.63) is 210 Å². The fourth-order valence-electron chi connectivity index (χ4n) is 10.4. The van der Waals surface area contributed by atoms with Crippen LogP contribution < -0.4 is 45.0 Å². The monoisotopic (exact) mass is 1230 g/mol. The molecular weight excluding hydrogens is 1160 g/mol. The van der Waals surface area contributed by atoms with Gasteiger partial charge in [0, 0.05) is 96.0 Å². The van der Waals surface area contributed by atoms with E-state index in [0.29, 0.717) is 36.0 Å². The van der Waals surface area contributed by atoms with Crippen molar-refractivity contribution >= 4 is 11.4 Å². The molecule has 476 valence electrons. The van der Waals surface area contributed by atoms with Crippen molar-refractivity contribution in [1.82, 2.24) is 37.4 Å². The molecule has 0 amide bonds. The SMILES string of the molecule is CC[C@H]1O[C@@H](n2cc(C)c(=O)[nH]c2=O)CC1O.CC[C@H]1O[C@@H](n2cc(C)c(=O)n(Cc3ccccc3[N+](=O)[O-])c2=O)CC1O.Cc1cn([C@H]2CC(O)[C@@H](CO)O2)c(=O)[nH]c1=O.Cc1cn([C@H]2CC(O)[C@@H](CO)O2)c(=O)n(Cc2ccccc2[N+](=O)[O-])c1=O. The smallest absolute Gasteiger partial charge is 0.333 e. The van der Waals surface area contributed by atoms with Gasteiger partial charge in [-0.25, -0.2) is 19.2 Å². The molecule has 32 nitrogen and oxygen atoms in total. The molecule has 4 saturated heterocycles. The van der Waals surface area contributed by atoms with Crippen LogP contribution in [0.15, 0.2) is 112 Å². The number of aromatic amines is 2. The average molecular weight is 1240 g/mol. The number of aliphatic hydroxyl groups is 6. The highest BCUT2D eigenvalue weighted by molar-refractivity contribution is 5.41. The second-order valence-electron chi connectivity index (χ2n) is 21.4. The van der Waals surface area contributed by atoms with Crippen LogP contribution in [-0.2, 0) is 32.0 Å². The number of H-pyrrole nitrogens is 2. The Morgan fingerprint density at radius 3 is 1.07 bits per heavy atom. The summed E-state index contributed by atoms with van der Waals surface area (Å²) < 4.78 is 29.0. The summed E-state index contributed by atoms with van der Waals surface area (Å²) in [6, 6.07) is 11.9. The summed E-state index contributed by atoms with van der Waals surface area (Å²) >= 11 is 0. The third-order valence-electron chi connectivity index (χ3n) is 15.3. The number of nitro benzene ring substituents is 2. The molecule has 4 unspecified atom stereocenters. The van der Waals surface area contributed by atoms with Crippen LogP contribution in [0.2, 0.25) is 0 Å². The van der Waals surface area contributed by atoms with Gasteiger partial charge in [0.2, 0.25) is 0 Å². The maximum atomic E-state index is 12.9. The highest BCUT2D eigenvalue weighted by Crippen LogP contribution is 2.32. The van der Waals surface area contributed by atoms with Gasteiger partial charge in [-0.2, -0.15) is 0 Å². The minimum Gasteiger partial charge on any atom is -0.394 e. The van der Waals surface area contributed by atoms with Crippen LogP contribution in [0.5, 0.6) is 0 Å². The van der Waals surface area contributed by atoms with Gasteiger partial charge in [0.1, 0.15) is 37.1 Å². The molecule has 4 aliphatic heterocycles. The van der Waals surface area contributed by atoms with Crippen molar-refractivity contribution < 1.29 is 59.4 Å². The van der Waals surface area contributed by atoms with Crippen LogP contribution in [0.1, 0.15) is 111 Å². The molecule has 4 aliphatic rings. The number of aryl methyl sites for hydroxylation is 4. The quantitative estimate of drug-likeness (QED) is 0.0510. The number of aliphatic hydroxyl groups excluding tert-OH is 6. The van der Waals surface area contributed by atoms with E-state index < -0.39 is 123 Å². The number of ether oxygens (including phenoxy) is 4. The predicted octanol–water partition coefficient (Wildman–Crippen LogP) is -0.362. The Hall–Kier alpha value is -8.44. The van der Waals surface area contributed by atoms with Crippen molar-refractivity contribution in [1.29, 1.82) is 0 Å². The number of para-hydroxylation sites is 2. The lowest BCUT2D eigenvalue weighted by molar-refractivity contribution is -0.385. The summed E-state index contributed by atoms with van der Waals surface area (Å²) in [5.41, 5.74) is -2.81. The van der Waals surface area contributed by atoms with Crippen LogP contribution in [0.3, 0.4) is 0 Å². The van der Waals surface area contributed by atoms with Gasteiger partial charge >= 0.3 is 22.8 Å². The zero-order chi connectivity index (χ0) is 64.6. The predicted molar refractivity (Wildman–Crippen MR) is 309 cm³/mol. The van der Waals surface area contributed by atoms with Crippen LogP contribution in [0.4, 0.5) is 11.4 Å². The van der Waals surface area contributed by atoms with Gasteiger partial charge in [0.25, 0.3) is 33.6 Å². The third-order valence-corrected chi connectivity index (χ3v) is 15.3. The molecule has 32 heteroatoms. The Kier molecular flexibility index (Phi) is 22.1. The van der Waals surface area contributed by atoms with Gasteiger partial charge in [-0.1, -0.05) is 50.2 Å². The molecule has 0 spiro atoms. The van der Waals surface area contributed by atoms with E-state index in [1.165, 1.54) is 86.4 Å². The summed E-state index contributed by atoms with van der Waals surface area (Å²) in [6.07, 6.45) is -0.0831. The minimum atomic E-state index is -0.942. The van der Waals surface area contributed by atoms with E-state index in [4.69, 9.17) is 24.1 Å². The number of hydrogen-bond acceptors (Lipinski definition) is 22. The molecule has 0 saturated carbocycles. The minimum absolute atomic E-state index is 0.0776. The normalized spacial score (nSPS) is 24.6. The van der Waals surface area contributed by atoms with Crippen molar-refractivity contribution in [3.8, 4) is 0 Å². The summed E-state index contributed by atoms with van der Waals surface area (Å²) in [7, 11) is 0. The van der Waals surface area contributed by atoms with Crippen molar-refractivity contribution in [2.75, 3.05) is 13.2 Å². The number of aromatic nitrogens is 8. The van der Waals surface area contributed by atoms with Gasteiger partial charge in [-0.15, -0.1) is 0 Å². The van der Waals surface area contributed by atoms with Crippen LogP contribution in [0, 0.1) is 47.9 Å². The fourth-order valence-corrected chi connectivity index (χ4v) is 10.4. The fraction of sp³-hybridized carbons (Fsp3) is 0.500. The Morgan fingerprint density at radius 2 is 0.773 bits per heavy atom. The lowest BCUT2D eigenvalue weighted by atomic mass is 10.1. The molecular formula is C56H70N10O22. The molecule has 4 aromatic heterocycles. The highest BCUT2D eigenvalue weighted by Gasteiger charge is 2.38. The first-order chi connectivity index (χ1) is 41.7. The second kappa shape index (κ2) is 29.0. The average Bonchev–Trinajstić information content (AvgIpc) is 2.18. The van der Waals surface area contributed by atoms with E-state index in [2.05, 4.69) is 9.97 Å². The van der Waals surface area contributed by atoms with E-state index in [-0.39, 0.29) is 79.2 Å². The lowest BCUT2D eigenvalue weighted by Crippen LogP contribution is -2.42. The highest BCUT2D eigenvalue weighted by atomic mass is 16.6. The molecule has 0 bridgehead atoms. The maximum absolute atomic E-state index is 12.9. The molecule has 10 rings (SSSR count). The largest absolute Gasteiger partial charge is 0.394 e. The van der Waals surface area contributed by atoms with Gasteiger partial charge in [-0.3, -0.25) is 76.8 Å². The lowest BCUT2D eigenvalue weighted by Gasteiger charge is -2.17. The van der Waals surface area contributed by atoms with E-state index >= 15 is 0 Å². The van der Waals surface area contributed by atoms with Gasteiger partial charge < -0.3 is 49.6 Å². The second-order valence-corrected chi connectivity index (χ2v) is 21.4. The number of nitrogens with zero attached hydrogens (tertiary/aromatic N) is 8. The number of hydrogen-bond donors (Lipinski definition) is 8. The molecule has 8 heterocycles. The molecule has 4 fully saturated rings. The summed E-state index contributed by atoms with van der Waals surface area (Å²) in [6.45, 7) is 8.87. The van der Waals surface area contributed by atoms with Crippen molar-refractivity contribution in [2.45, 2.75) is 167 Å². The zero-order valence-corrected chi connectivity index (χ0v) is 48.7. The number of benzene rings is 2. The number of nitrogens with one attached hydrogen (secondary N) is 2. The molecule has 0 aliphatic carbocycles. The van der Waals surface area contributed by atoms with Crippen LogP contribution in [0.25, 0.3) is 0 Å². The van der Waals surface area contributed by atoms with E-state index in [9.17, 15) is 84.1 Å². The van der Waals surface area contributed by atoms with Crippen LogP contribution >= 0.6 is 0 Å². The number of rotatable bonds is 14. The molecule has 6 aromatic rings. The Morgan fingerprint density at radius 1 is 0.477 bits per heavy atom. The first-order valence-corrected chi connectivity index (χ1v) is 28.0.